The van der Waals surface area contributed by atoms with Crippen LogP contribution >= 0.6 is 38.9 Å². The van der Waals surface area contributed by atoms with Gasteiger partial charge in [-0.3, -0.25) is 0 Å². The van der Waals surface area contributed by atoms with Crippen molar-refractivity contribution >= 4 is 44.6 Å². The predicted octanol–water partition coefficient (Wildman–Crippen LogP) is 4.57. The average Bonchev–Trinajstić information content (AvgIpc) is 2.75. The molecule has 0 aliphatic heterocycles. The Morgan fingerprint density at radius 2 is 2.33 bits per heavy atom. The van der Waals surface area contributed by atoms with Gasteiger partial charge in [0.1, 0.15) is 5.75 Å². The van der Waals surface area contributed by atoms with Crippen LogP contribution in [-0.2, 0) is 6.54 Å². The van der Waals surface area contributed by atoms with Crippen LogP contribution in [-0.4, -0.2) is 11.6 Å². The van der Waals surface area contributed by atoms with Crippen LogP contribution in [0.15, 0.2) is 28.9 Å². The highest BCUT2D eigenvalue weighted by molar-refractivity contribution is 9.10. The summed E-state index contributed by atoms with van der Waals surface area (Å²) in [5, 5.41) is 3.34. The van der Waals surface area contributed by atoms with Crippen molar-refractivity contribution in [3.8, 4) is 5.75 Å². The number of rotatable bonds is 5. The van der Waals surface area contributed by atoms with Crippen LogP contribution in [0.25, 0.3) is 0 Å². The van der Waals surface area contributed by atoms with Crippen molar-refractivity contribution in [2.45, 2.75) is 13.5 Å². The van der Waals surface area contributed by atoms with E-state index in [9.17, 15) is 0 Å². The maximum atomic E-state index is 5.80. The first-order chi connectivity index (χ1) is 8.70. The zero-order chi connectivity index (χ0) is 13.0. The van der Waals surface area contributed by atoms with Gasteiger partial charge in [0.25, 0.3) is 0 Å². The van der Waals surface area contributed by atoms with E-state index in [2.05, 4.69) is 26.2 Å². The van der Waals surface area contributed by atoms with Crippen LogP contribution in [0.5, 0.6) is 5.75 Å². The summed E-state index contributed by atoms with van der Waals surface area (Å²) in [5.74, 6) is 0.836. The number of aromatic nitrogens is 1. The highest BCUT2D eigenvalue weighted by Gasteiger charge is 2.08. The first-order valence-corrected chi connectivity index (χ1v) is 7.45. The van der Waals surface area contributed by atoms with Gasteiger partial charge in [-0.05, 0) is 35.0 Å². The minimum Gasteiger partial charge on any atom is -0.492 e. The van der Waals surface area contributed by atoms with Crippen molar-refractivity contribution in [2.75, 3.05) is 11.9 Å². The second-order valence-electron chi connectivity index (χ2n) is 3.48. The number of hydrogen-bond acceptors (Lipinski definition) is 4. The number of nitrogens with zero attached hydrogens (tertiary/aromatic N) is 1. The van der Waals surface area contributed by atoms with Crippen molar-refractivity contribution in [1.82, 2.24) is 4.98 Å². The summed E-state index contributed by atoms with van der Waals surface area (Å²) in [7, 11) is 0. The molecule has 0 radical (unpaired) electrons. The molecule has 0 saturated heterocycles. The molecule has 1 heterocycles. The lowest BCUT2D eigenvalue weighted by Gasteiger charge is -2.13. The molecule has 96 valence electrons. The van der Waals surface area contributed by atoms with E-state index in [1.54, 1.807) is 6.20 Å². The molecule has 0 aliphatic carbocycles. The molecule has 0 aliphatic rings. The molecular weight excluding hydrogens is 336 g/mol. The largest absolute Gasteiger partial charge is 0.492 e. The molecule has 0 unspecified atom stereocenters. The van der Waals surface area contributed by atoms with Crippen LogP contribution in [0.1, 0.15) is 11.8 Å². The van der Waals surface area contributed by atoms with Crippen molar-refractivity contribution in [3.63, 3.8) is 0 Å². The second-order valence-corrected chi connectivity index (χ2v) is 6.03. The lowest BCUT2D eigenvalue weighted by Crippen LogP contribution is -2.02. The normalized spacial score (nSPS) is 10.4. The number of thiazole rings is 1. The summed E-state index contributed by atoms with van der Waals surface area (Å²) in [6, 6.07) is 5.87. The Bertz CT molecular complexity index is 533. The van der Waals surface area contributed by atoms with Gasteiger partial charge < -0.3 is 10.1 Å². The number of hydrogen-bond donors (Lipinski definition) is 1. The molecular formula is C12H12BrClN2OS. The lowest BCUT2D eigenvalue weighted by molar-refractivity contribution is 0.341. The average molecular weight is 348 g/mol. The number of halogens is 2. The van der Waals surface area contributed by atoms with Gasteiger partial charge in [0.15, 0.2) is 4.47 Å². The van der Waals surface area contributed by atoms with E-state index in [0.717, 1.165) is 20.8 Å². The zero-order valence-electron chi connectivity index (χ0n) is 9.74. The van der Waals surface area contributed by atoms with Crippen molar-refractivity contribution in [2.24, 2.45) is 0 Å². The van der Waals surface area contributed by atoms with E-state index in [1.165, 1.54) is 11.3 Å². The smallest absolute Gasteiger partial charge is 0.183 e. The summed E-state index contributed by atoms with van der Waals surface area (Å²) >= 11 is 10.8. The third-order valence-electron chi connectivity index (χ3n) is 2.24. The molecule has 6 heteroatoms. The minimum atomic E-state index is 0.559. The summed E-state index contributed by atoms with van der Waals surface area (Å²) in [5.41, 5.74) is 0.948. The Kier molecular flexibility index (Phi) is 4.86. The lowest BCUT2D eigenvalue weighted by atomic mass is 10.3. The van der Waals surface area contributed by atoms with E-state index in [-0.39, 0.29) is 0 Å². The fraction of sp³-hybridized carbons (Fsp3) is 0.250. The Balaban J connectivity index is 2.12. The van der Waals surface area contributed by atoms with E-state index < -0.39 is 0 Å². The van der Waals surface area contributed by atoms with Crippen molar-refractivity contribution < 1.29 is 4.74 Å². The van der Waals surface area contributed by atoms with E-state index in [1.807, 2.05) is 25.1 Å². The third-order valence-corrected chi connectivity index (χ3v) is 4.02. The van der Waals surface area contributed by atoms with Gasteiger partial charge in [-0.1, -0.05) is 17.7 Å². The highest BCUT2D eigenvalue weighted by Crippen LogP contribution is 2.33. The van der Waals surface area contributed by atoms with Crippen molar-refractivity contribution in [3.05, 3.63) is 38.2 Å². The molecule has 1 aromatic carbocycles. The number of nitrogens with one attached hydrogen (secondary N) is 1. The number of ether oxygens (including phenoxy) is 1. The molecule has 1 aromatic heterocycles. The standard InChI is InChI=1S/C12H12BrClN2OS/c1-2-17-10-5-3-4-9(13)11(10)15-6-8-7-16-12(14)18-8/h3-5,7,15H,2,6H2,1H3. The van der Waals surface area contributed by atoms with Crippen LogP contribution in [0.3, 0.4) is 0 Å². The molecule has 0 amide bonds. The Hall–Kier alpha value is -0.780. The summed E-state index contributed by atoms with van der Waals surface area (Å²) < 4.78 is 7.12. The fourth-order valence-electron chi connectivity index (χ4n) is 1.49. The molecule has 1 N–H and O–H groups in total. The monoisotopic (exact) mass is 346 g/mol. The van der Waals surface area contributed by atoms with Crippen LogP contribution in [0.2, 0.25) is 4.47 Å². The molecule has 2 rings (SSSR count). The Morgan fingerprint density at radius 1 is 1.50 bits per heavy atom. The van der Waals surface area contributed by atoms with Gasteiger partial charge in [0.2, 0.25) is 0 Å². The van der Waals surface area contributed by atoms with Gasteiger partial charge in [-0.15, -0.1) is 11.3 Å². The number of benzene rings is 1. The second kappa shape index (κ2) is 6.41. The molecule has 2 aromatic rings. The Morgan fingerprint density at radius 3 is 3.00 bits per heavy atom. The number of para-hydroxylation sites is 1. The maximum Gasteiger partial charge on any atom is 0.183 e. The zero-order valence-corrected chi connectivity index (χ0v) is 12.9. The van der Waals surface area contributed by atoms with Crippen LogP contribution in [0.4, 0.5) is 5.69 Å². The first-order valence-electron chi connectivity index (χ1n) is 5.46. The number of anilines is 1. The Labute approximate surface area is 123 Å². The summed E-state index contributed by atoms with van der Waals surface area (Å²) in [6.07, 6.45) is 1.77. The molecule has 0 saturated carbocycles. The summed E-state index contributed by atoms with van der Waals surface area (Å²) in [4.78, 5) is 5.09. The first kappa shape index (κ1) is 13.6. The van der Waals surface area contributed by atoms with Gasteiger partial charge in [0, 0.05) is 15.5 Å². The van der Waals surface area contributed by atoms with Gasteiger partial charge >= 0.3 is 0 Å². The third kappa shape index (κ3) is 3.37. The van der Waals surface area contributed by atoms with E-state index in [0.29, 0.717) is 17.6 Å². The van der Waals surface area contributed by atoms with E-state index in [4.69, 9.17) is 16.3 Å². The van der Waals surface area contributed by atoms with Gasteiger partial charge in [-0.2, -0.15) is 0 Å². The highest BCUT2D eigenvalue weighted by atomic mass is 79.9. The predicted molar refractivity (Wildman–Crippen MR) is 79.8 cm³/mol. The molecule has 0 spiro atoms. The van der Waals surface area contributed by atoms with E-state index >= 15 is 0 Å². The molecule has 0 bridgehead atoms. The van der Waals surface area contributed by atoms with Gasteiger partial charge in [-0.25, -0.2) is 4.98 Å². The quantitative estimate of drug-likeness (QED) is 0.860. The van der Waals surface area contributed by atoms with Gasteiger partial charge in [0.05, 0.1) is 18.8 Å². The van der Waals surface area contributed by atoms with Crippen molar-refractivity contribution in [1.29, 1.82) is 0 Å². The summed E-state index contributed by atoms with van der Waals surface area (Å²) in [6.45, 7) is 3.28. The minimum absolute atomic E-state index is 0.559. The van der Waals surface area contributed by atoms with Crippen LogP contribution in [0, 0.1) is 0 Å². The molecule has 18 heavy (non-hydrogen) atoms. The molecule has 0 atom stereocenters. The molecule has 0 fully saturated rings. The topological polar surface area (TPSA) is 34.1 Å². The fourth-order valence-corrected chi connectivity index (χ4v) is 2.90. The maximum absolute atomic E-state index is 5.80. The SMILES string of the molecule is CCOc1cccc(Br)c1NCc1cnc(Cl)s1. The molecule has 3 nitrogen and oxygen atoms in total. The van der Waals surface area contributed by atoms with Crippen LogP contribution < -0.4 is 10.1 Å².